The molecule has 0 saturated carbocycles. The SMILES string of the molecule is C/C=C/c1ccc(-c2ccc(C)cc2)cc1Oc1ccc(C(C)(C)C)cc1. The van der Waals surface area contributed by atoms with Crippen LogP contribution in [0.5, 0.6) is 11.5 Å². The van der Waals surface area contributed by atoms with Crippen LogP contribution < -0.4 is 4.74 Å². The first kappa shape index (κ1) is 19.0. The molecule has 138 valence electrons. The largest absolute Gasteiger partial charge is 0.457 e. The molecule has 0 amide bonds. The minimum Gasteiger partial charge on any atom is -0.457 e. The summed E-state index contributed by atoms with van der Waals surface area (Å²) in [5, 5.41) is 0. The molecule has 1 heteroatoms. The van der Waals surface area contributed by atoms with Crippen molar-refractivity contribution in [1.82, 2.24) is 0 Å². The van der Waals surface area contributed by atoms with Gasteiger partial charge in [-0.2, -0.15) is 0 Å². The number of rotatable bonds is 4. The molecule has 0 unspecified atom stereocenters. The van der Waals surface area contributed by atoms with Crippen LogP contribution in [-0.2, 0) is 5.41 Å². The molecule has 0 atom stereocenters. The quantitative estimate of drug-likeness (QED) is 0.463. The summed E-state index contributed by atoms with van der Waals surface area (Å²) >= 11 is 0. The molecule has 1 nitrogen and oxygen atoms in total. The van der Waals surface area contributed by atoms with Crippen LogP contribution in [0.4, 0.5) is 0 Å². The Morgan fingerprint density at radius 2 is 1.41 bits per heavy atom. The monoisotopic (exact) mass is 356 g/mol. The number of aryl methyl sites for hydroxylation is 1. The van der Waals surface area contributed by atoms with Gasteiger partial charge in [0.05, 0.1) is 0 Å². The van der Waals surface area contributed by atoms with Crippen LogP contribution in [0.3, 0.4) is 0 Å². The van der Waals surface area contributed by atoms with E-state index in [2.05, 4.69) is 101 Å². The highest BCUT2D eigenvalue weighted by Gasteiger charge is 2.13. The molecule has 0 heterocycles. The minimum absolute atomic E-state index is 0.139. The molecular weight excluding hydrogens is 328 g/mol. The zero-order valence-electron chi connectivity index (χ0n) is 16.9. The van der Waals surface area contributed by atoms with Crippen LogP contribution in [0.25, 0.3) is 17.2 Å². The molecule has 3 aromatic carbocycles. The first-order valence-corrected chi connectivity index (χ1v) is 9.49. The maximum Gasteiger partial charge on any atom is 0.135 e. The standard InChI is InChI=1S/C26H28O/c1-6-7-21-12-13-22(20-10-8-19(2)9-11-20)18-25(21)27-24-16-14-23(15-17-24)26(3,4)5/h6-18H,1-5H3/b7-6+. The third-order valence-electron chi connectivity index (χ3n) is 4.69. The van der Waals surface area contributed by atoms with E-state index in [1.807, 2.05) is 13.0 Å². The van der Waals surface area contributed by atoms with Crippen LogP contribution in [0.1, 0.15) is 44.4 Å². The lowest BCUT2D eigenvalue weighted by atomic mass is 9.87. The van der Waals surface area contributed by atoms with Crippen molar-refractivity contribution in [3.05, 3.63) is 89.5 Å². The third-order valence-corrected chi connectivity index (χ3v) is 4.69. The van der Waals surface area contributed by atoms with Gasteiger partial charge in [-0.25, -0.2) is 0 Å². The molecule has 3 rings (SSSR count). The summed E-state index contributed by atoms with van der Waals surface area (Å²) in [6.07, 6.45) is 4.12. The van der Waals surface area contributed by atoms with Gasteiger partial charge in [0.15, 0.2) is 0 Å². The highest BCUT2D eigenvalue weighted by molar-refractivity contribution is 5.70. The molecule has 0 bridgehead atoms. The van der Waals surface area contributed by atoms with E-state index in [9.17, 15) is 0 Å². The summed E-state index contributed by atoms with van der Waals surface area (Å²) < 4.78 is 6.26. The van der Waals surface area contributed by atoms with Gasteiger partial charge in [-0.3, -0.25) is 0 Å². The first-order chi connectivity index (χ1) is 12.9. The van der Waals surface area contributed by atoms with Gasteiger partial charge in [-0.15, -0.1) is 0 Å². The summed E-state index contributed by atoms with van der Waals surface area (Å²) in [7, 11) is 0. The second-order valence-electron chi connectivity index (χ2n) is 8.00. The van der Waals surface area contributed by atoms with Gasteiger partial charge in [0.2, 0.25) is 0 Å². The van der Waals surface area contributed by atoms with Gasteiger partial charge in [0, 0.05) is 5.56 Å². The Morgan fingerprint density at radius 3 is 2.00 bits per heavy atom. The van der Waals surface area contributed by atoms with Crippen LogP contribution in [-0.4, -0.2) is 0 Å². The second-order valence-corrected chi connectivity index (χ2v) is 8.00. The van der Waals surface area contributed by atoms with Gasteiger partial charge in [-0.1, -0.05) is 87.0 Å². The van der Waals surface area contributed by atoms with Crippen molar-refractivity contribution in [2.24, 2.45) is 0 Å². The summed E-state index contributed by atoms with van der Waals surface area (Å²) in [6.45, 7) is 10.8. The van der Waals surface area contributed by atoms with Crippen LogP contribution in [0, 0.1) is 6.92 Å². The maximum atomic E-state index is 6.26. The van der Waals surface area contributed by atoms with E-state index >= 15 is 0 Å². The van der Waals surface area contributed by atoms with E-state index in [1.165, 1.54) is 16.7 Å². The molecule has 0 aliphatic rings. The van der Waals surface area contributed by atoms with Crippen LogP contribution in [0.2, 0.25) is 0 Å². The molecule has 0 aliphatic heterocycles. The van der Waals surface area contributed by atoms with Crippen LogP contribution in [0.15, 0.2) is 72.8 Å². The molecule has 0 N–H and O–H groups in total. The lowest BCUT2D eigenvalue weighted by Crippen LogP contribution is -2.10. The van der Waals surface area contributed by atoms with Gasteiger partial charge >= 0.3 is 0 Å². The zero-order chi connectivity index (χ0) is 19.4. The molecule has 0 radical (unpaired) electrons. The predicted molar refractivity (Wildman–Crippen MR) is 117 cm³/mol. The van der Waals surface area contributed by atoms with Crippen molar-refractivity contribution >= 4 is 6.08 Å². The molecular formula is C26H28O. The van der Waals surface area contributed by atoms with Crippen molar-refractivity contribution in [3.63, 3.8) is 0 Å². The molecule has 0 aliphatic carbocycles. The zero-order valence-corrected chi connectivity index (χ0v) is 16.9. The Balaban J connectivity index is 1.94. The summed E-state index contributed by atoms with van der Waals surface area (Å²) in [5.74, 6) is 1.73. The summed E-state index contributed by atoms with van der Waals surface area (Å²) in [6, 6.07) is 23.4. The van der Waals surface area contributed by atoms with Gasteiger partial charge in [0.1, 0.15) is 11.5 Å². The van der Waals surface area contributed by atoms with Crippen LogP contribution >= 0.6 is 0 Å². The Kier molecular flexibility index (Phi) is 5.51. The van der Waals surface area contributed by atoms with E-state index in [-0.39, 0.29) is 5.41 Å². The Hall–Kier alpha value is -2.80. The molecule has 27 heavy (non-hydrogen) atoms. The smallest absolute Gasteiger partial charge is 0.135 e. The highest BCUT2D eigenvalue weighted by Crippen LogP contribution is 2.33. The van der Waals surface area contributed by atoms with Crippen molar-refractivity contribution in [2.45, 2.75) is 40.0 Å². The first-order valence-electron chi connectivity index (χ1n) is 9.49. The normalized spacial score (nSPS) is 11.7. The van der Waals surface area contributed by atoms with E-state index in [1.54, 1.807) is 0 Å². The number of hydrogen-bond acceptors (Lipinski definition) is 1. The number of benzene rings is 3. The molecule has 0 aromatic heterocycles. The molecule has 3 aromatic rings. The topological polar surface area (TPSA) is 9.23 Å². The van der Waals surface area contributed by atoms with Gasteiger partial charge in [0.25, 0.3) is 0 Å². The Bertz CT molecular complexity index is 923. The van der Waals surface area contributed by atoms with E-state index < -0.39 is 0 Å². The average Bonchev–Trinajstić information content (AvgIpc) is 2.64. The molecule has 0 saturated heterocycles. The molecule has 0 spiro atoms. The highest BCUT2D eigenvalue weighted by atomic mass is 16.5. The lowest BCUT2D eigenvalue weighted by molar-refractivity contribution is 0.480. The van der Waals surface area contributed by atoms with E-state index in [4.69, 9.17) is 4.74 Å². The van der Waals surface area contributed by atoms with Crippen molar-refractivity contribution in [3.8, 4) is 22.6 Å². The summed E-state index contributed by atoms with van der Waals surface area (Å²) in [5.41, 5.74) is 6.13. The molecule has 0 fully saturated rings. The van der Waals surface area contributed by atoms with Crippen molar-refractivity contribution in [2.75, 3.05) is 0 Å². The van der Waals surface area contributed by atoms with Crippen molar-refractivity contribution in [1.29, 1.82) is 0 Å². The fourth-order valence-corrected chi connectivity index (χ4v) is 3.02. The Labute approximate surface area is 163 Å². The van der Waals surface area contributed by atoms with E-state index in [0.717, 1.165) is 22.6 Å². The Morgan fingerprint density at radius 1 is 0.778 bits per heavy atom. The average molecular weight is 357 g/mol. The fourth-order valence-electron chi connectivity index (χ4n) is 3.02. The third kappa shape index (κ3) is 4.68. The second kappa shape index (κ2) is 7.84. The maximum absolute atomic E-state index is 6.26. The lowest BCUT2D eigenvalue weighted by Gasteiger charge is -2.19. The minimum atomic E-state index is 0.139. The van der Waals surface area contributed by atoms with Gasteiger partial charge in [-0.05, 0) is 54.2 Å². The predicted octanol–water partition coefficient (Wildman–Crippen LogP) is 7.78. The van der Waals surface area contributed by atoms with Gasteiger partial charge < -0.3 is 4.74 Å². The van der Waals surface area contributed by atoms with Crippen molar-refractivity contribution < 1.29 is 4.74 Å². The number of hydrogen-bond donors (Lipinski definition) is 0. The number of ether oxygens (including phenoxy) is 1. The number of allylic oxidation sites excluding steroid dienone is 1. The van der Waals surface area contributed by atoms with E-state index in [0.29, 0.717) is 0 Å². The fraction of sp³-hybridized carbons (Fsp3) is 0.231. The summed E-state index contributed by atoms with van der Waals surface area (Å²) in [4.78, 5) is 0.